The Labute approximate surface area is 152 Å². The lowest BCUT2D eigenvalue weighted by molar-refractivity contribution is -0.137. The Morgan fingerprint density at radius 1 is 1.15 bits per heavy atom. The fraction of sp³-hybridized carbons (Fsp3) is 0.286. The first-order valence-electron chi connectivity index (χ1n) is 8.83. The third-order valence-corrected chi connectivity index (χ3v) is 5.13. The first kappa shape index (κ1) is 16.8. The predicted molar refractivity (Wildman–Crippen MR) is 100 cm³/mol. The van der Waals surface area contributed by atoms with E-state index in [2.05, 4.69) is 17.1 Å². The minimum absolute atomic E-state index is 0.0533. The first-order valence-corrected chi connectivity index (χ1v) is 8.83. The van der Waals surface area contributed by atoms with Crippen molar-refractivity contribution >= 4 is 16.8 Å². The van der Waals surface area contributed by atoms with Gasteiger partial charge in [-0.1, -0.05) is 30.3 Å². The van der Waals surface area contributed by atoms with Gasteiger partial charge in [0.25, 0.3) is 0 Å². The van der Waals surface area contributed by atoms with Crippen LogP contribution >= 0.6 is 0 Å². The van der Waals surface area contributed by atoms with Crippen LogP contribution in [0.3, 0.4) is 0 Å². The second-order valence-electron chi connectivity index (χ2n) is 7.06. The van der Waals surface area contributed by atoms with Crippen LogP contribution < -0.4 is 0 Å². The molecule has 1 N–H and O–H groups in total. The third-order valence-electron chi connectivity index (χ3n) is 5.13. The van der Waals surface area contributed by atoms with Gasteiger partial charge in [-0.05, 0) is 37.9 Å². The summed E-state index contributed by atoms with van der Waals surface area (Å²) in [5, 5.41) is 1.18. The van der Waals surface area contributed by atoms with Crippen LogP contribution in [0.15, 0.2) is 48.5 Å². The Hall–Kier alpha value is -2.66. The van der Waals surface area contributed by atoms with Crippen molar-refractivity contribution in [2.24, 2.45) is 0 Å². The van der Waals surface area contributed by atoms with Crippen LogP contribution in [0.4, 0.5) is 4.39 Å². The smallest absolute Gasteiger partial charge is 0.244 e. The zero-order valence-electron chi connectivity index (χ0n) is 15.0. The molecule has 0 fully saturated rings. The van der Waals surface area contributed by atoms with Crippen molar-refractivity contribution in [1.29, 1.82) is 0 Å². The summed E-state index contributed by atoms with van der Waals surface area (Å²) in [7, 11) is 3.76. The minimum atomic E-state index is -0.414. The Balaban J connectivity index is 1.64. The zero-order chi connectivity index (χ0) is 18.3. The van der Waals surface area contributed by atoms with E-state index in [1.54, 1.807) is 12.1 Å². The Bertz CT molecular complexity index is 946. The average Bonchev–Trinajstić information content (AvgIpc) is 3.01. The lowest BCUT2D eigenvalue weighted by Gasteiger charge is -2.33. The van der Waals surface area contributed by atoms with Crippen LogP contribution in [0.25, 0.3) is 10.9 Å². The number of fused-ring (bicyclic) bond motifs is 3. The van der Waals surface area contributed by atoms with E-state index in [1.807, 2.05) is 36.0 Å². The fourth-order valence-electron chi connectivity index (χ4n) is 3.83. The van der Waals surface area contributed by atoms with E-state index in [1.165, 1.54) is 28.8 Å². The summed E-state index contributed by atoms with van der Waals surface area (Å²) in [6.07, 6.45) is 0.819. The molecule has 0 saturated heterocycles. The second-order valence-corrected chi connectivity index (χ2v) is 7.06. The molecule has 0 radical (unpaired) electrons. The standard InChI is InChI=1S/C21H22FN3O/c1-24(2)20(14-7-9-15(22)10-8-14)21(26)25-12-11-19-17(13-25)16-5-3-4-6-18(16)23-19/h3-10,20,23H,11-13H2,1-2H3. The Morgan fingerprint density at radius 3 is 2.62 bits per heavy atom. The van der Waals surface area contributed by atoms with E-state index in [0.717, 1.165) is 17.5 Å². The molecule has 4 rings (SSSR count). The van der Waals surface area contributed by atoms with Crippen molar-refractivity contribution in [3.05, 3.63) is 71.2 Å². The number of aromatic nitrogens is 1. The maximum Gasteiger partial charge on any atom is 0.244 e. The van der Waals surface area contributed by atoms with E-state index < -0.39 is 6.04 Å². The zero-order valence-corrected chi connectivity index (χ0v) is 15.0. The molecule has 0 spiro atoms. The van der Waals surface area contributed by atoms with Gasteiger partial charge in [-0.2, -0.15) is 0 Å². The van der Waals surface area contributed by atoms with E-state index in [0.29, 0.717) is 13.1 Å². The molecule has 1 aromatic heterocycles. The molecule has 1 aliphatic heterocycles. The first-order chi connectivity index (χ1) is 12.5. The molecule has 1 amide bonds. The third kappa shape index (κ3) is 2.88. The number of amides is 1. The molecule has 3 aromatic rings. The monoisotopic (exact) mass is 351 g/mol. The van der Waals surface area contributed by atoms with Gasteiger partial charge in [0.15, 0.2) is 0 Å². The van der Waals surface area contributed by atoms with Crippen LogP contribution in [-0.2, 0) is 17.8 Å². The van der Waals surface area contributed by atoms with Gasteiger partial charge >= 0.3 is 0 Å². The summed E-state index contributed by atoms with van der Waals surface area (Å²) in [4.78, 5) is 20.6. The van der Waals surface area contributed by atoms with Crippen molar-refractivity contribution in [3.63, 3.8) is 0 Å². The maximum atomic E-state index is 13.3. The van der Waals surface area contributed by atoms with Gasteiger partial charge in [-0.15, -0.1) is 0 Å². The molecule has 26 heavy (non-hydrogen) atoms. The highest BCUT2D eigenvalue weighted by Gasteiger charge is 2.31. The summed E-state index contributed by atoms with van der Waals surface area (Å²) in [6.45, 7) is 1.29. The molecule has 1 aliphatic rings. The van der Waals surface area contributed by atoms with Crippen LogP contribution in [0, 0.1) is 5.82 Å². The van der Waals surface area contributed by atoms with Gasteiger partial charge in [0.1, 0.15) is 11.9 Å². The van der Waals surface area contributed by atoms with Gasteiger partial charge in [0.05, 0.1) is 0 Å². The van der Waals surface area contributed by atoms with E-state index in [4.69, 9.17) is 0 Å². The fourth-order valence-corrected chi connectivity index (χ4v) is 3.83. The number of H-pyrrole nitrogens is 1. The number of nitrogens with one attached hydrogen (secondary N) is 1. The molecule has 1 atom stereocenters. The Kier molecular flexibility index (Phi) is 4.24. The van der Waals surface area contributed by atoms with Crippen molar-refractivity contribution in [3.8, 4) is 0 Å². The number of carbonyl (C=O) groups is 1. The molecular formula is C21H22FN3O. The van der Waals surface area contributed by atoms with Crippen molar-refractivity contribution < 1.29 is 9.18 Å². The van der Waals surface area contributed by atoms with Crippen LogP contribution in [0.1, 0.15) is 22.9 Å². The number of halogens is 1. The second kappa shape index (κ2) is 6.57. The molecule has 2 aromatic carbocycles. The number of hydrogen-bond donors (Lipinski definition) is 1. The molecule has 0 bridgehead atoms. The number of nitrogens with zero attached hydrogens (tertiary/aromatic N) is 2. The normalized spacial score (nSPS) is 15.3. The number of carbonyl (C=O) groups excluding carboxylic acids is 1. The highest BCUT2D eigenvalue weighted by atomic mass is 19.1. The number of para-hydroxylation sites is 1. The number of likely N-dealkylation sites (N-methyl/N-ethyl adjacent to an activating group) is 1. The number of hydrogen-bond acceptors (Lipinski definition) is 2. The molecule has 5 heteroatoms. The molecule has 0 saturated carbocycles. The van der Waals surface area contributed by atoms with Crippen molar-refractivity contribution in [2.75, 3.05) is 20.6 Å². The van der Waals surface area contributed by atoms with Gasteiger partial charge in [-0.25, -0.2) is 4.39 Å². The summed E-state index contributed by atoms with van der Waals surface area (Å²) < 4.78 is 13.3. The highest BCUT2D eigenvalue weighted by molar-refractivity contribution is 5.87. The molecular weight excluding hydrogens is 329 g/mol. The van der Waals surface area contributed by atoms with Crippen molar-refractivity contribution in [1.82, 2.24) is 14.8 Å². The lowest BCUT2D eigenvalue weighted by Crippen LogP contribution is -2.42. The quantitative estimate of drug-likeness (QED) is 0.784. The largest absolute Gasteiger partial charge is 0.358 e. The summed E-state index contributed by atoms with van der Waals surface area (Å²) >= 11 is 0. The Morgan fingerprint density at radius 2 is 1.88 bits per heavy atom. The molecule has 1 unspecified atom stereocenters. The average molecular weight is 351 g/mol. The van der Waals surface area contributed by atoms with Crippen LogP contribution in [-0.4, -0.2) is 41.3 Å². The topological polar surface area (TPSA) is 39.3 Å². The van der Waals surface area contributed by atoms with Gasteiger partial charge in [0.2, 0.25) is 5.91 Å². The minimum Gasteiger partial charge on any atom is -0.358 e. The summed E-state index contributed by atoms with van der Waals surface area (Å²) in [6, 6.07) is 14.0. The molecule has 134 valence electrons. The lowest BCUT2D eigenvalue weighted by atomic mass is 10.0. The molecule has 0 aliphatic carbocycles. The summed E-state index contributed by atoms with van der Waals surface area (Å²) in [5.74, 6) is -0.238. The summed E-state index contributed by atoms with van der Waals surface area (Å²) in [5.41, 5.74) is 4.36. The van der Waals surface area contributed by atoms with E-state index in [-0.39, 0.29) is 11.7 Å². The number of rotatable bonds is 3. The van der Waals surface area contributed by atoms with E-state index >= 15 is 0 Å². The van der Waals surface area contributed by atoms with E-state index in [9.17, 15) is 9.18 Å². The van der Waals surface area contributed by atoms with Crippen molar-refractivity contribution in [2.45, 2.75) is 19.0 Å². The van der Waals surface area contributed by atoms with Crippen LogP contribution in [0.5, 0.6) is 0 Å². The van der Waals surface area contributed by atoms with Crippen LogP contribution in [0.2, 0.25) is 0 Å². The van der Waals surface area contributed by atoms with Gasteiger partial charge in [0, 0.05) is 41.7 Å². The maximum absolute atomic E-state index is 13.3. The molecule has 2 heterocycles. The highest BCUT2D eigenvalue weighted by Crippen LogP contribution is 2.30. The number of benzene rings is 2. The molecule has 4 nitrogen and oxygen atoms in total. The predicted octanol–water partition coefficient (Wildman–Crippen LogP) is 3.49. The van der Waals surface area contributed by atoms with Gasteiger partial charge < -0.3 is 9.88 Å². The number of aromatic amines is 1. The van der Waals surface area contributed by atoms with Gasteiger partial charge in [-0.3, -0.25) is 9.69 Å². The SMILES string of the molecule is CN(C)C(C(=O)N1CCc2[nH]c3ccccc3c2C1)c1ccc(F)cc1.